The standard InChI is InChI=1S/C18H22N2O4S/c1-11-4-5-13(8-12(11)2)19-15(21)9-24-17(23)14-10-25-18(3)7-6-16(22)20(14)18/h4-5,8,14H,6-7,9-10H2,1-3H3,(H,19,21)/t14-,18-/m0/s1. The molecule has 2 amide bonds. The van der Waals surface area contributed by atoms with Gasteiger partial charge < -0.3 is 15.0 Å². The number of hydrogen-bond donors (Lipinski definition) is 1. The highest BCUT2D eigenvalue weighted by Crippen LogP contribution is 2.47. The van der Waals surface area contributed by atoms with Crippen LogP contribution in [0.1, 0.15) is 30.9 Å². The molecule has 0 saturated carbocycles. The second kappa shape index (κ2) is 6.71. The molecule has 2 fully saturated rings. The molecule has 0 aliphatic carbocycles. The Balaban J connectivity index is 1.54. The average Bonchev–Trinajstić information content (AvgIpc) is 3.05. The van der Waals surface area contributed by atoms with Crippen LogP contribution in [-0.2, 0) is 19.1 Å². The molecule has 2 atom stereocenters. The number of thioether (sulfide) groups is 1. The lowest BCUT2D eigenvalue weighted by molar-refractivity contribution is -0.155. The van der Waals surface area contributed by atoms with E-state index in [0.29, 0.717) is 17.9 Å². The lowest BCUT2D eigenvalue weighted by Crippen LogP contribution is -2.47. The Kier molecular flexibility index (Phi) is 4.77. The lowest BCUT2D eigenvalue weighted by Gasteiger charge is -2.29. The molecule has 0 bridgehead atoms. The van der Waals surface area contributed by atoms with Gasteiger partial charge >= 0.3 is 5.97 Å². The number of carbonyl (C=O) groups excluding carboxylic acids is 3. The summed E-state index contributed by atoms with van der Waals surface area (Å²) in [6, 6.07) is 5.01. The van der Waals surface area contributed by atoms with Crippen LogP contribution in [0.4, 0.5) is 5.69 Å². The molecule has 1 aromatic carbocycles. The van der Waals surface area contributed by atoms with Crippen molar-refractivity contribution < 1.29 is 19.1 Å². The van der Waals surface area contributed by atoms with E-state index >= 15 is 0 Å². The van der Waals surface area contributed by atoms with Crippen LogP contribution in [0, 0.1) is 13.8 Å². The Morgan fingerprint density at radius 2 is 2.12 bits per heavy atom. The Hall–Kier alpha value is -2.02. The molecule has 0 spiro atoms. The van der Waals surface area contributed by atoms with Crippen molar-refractivity contribution in [2.45, 2.75) is 44.5 Å². The predicted octanol–water partition coefficient (Wildman–Crippen LogP) is 2.24. The molecule has 1 aromatic rings. The van der Waals surface area contributed by atoms with Crippen molar-refractivity contribution in [2.75, 3.05) is 17.7 Å². The summed E-state index contributed by atoms with van der Waals surface area (Å²) in [5, 5.41) is 2.72. The SMILES string of the molecule is Cc1ccc(NC(=O)COC(=O)[C@@H]2CS[C@@]3(C)CCC(=O)N23)cc1C. The third kappa shape index (κ3) is 3.51. The van der Waals surface area contributed by atoms with E-state index in [1.807, 2.05) is 39.0 Å². The monoisotopic (exact) mass is 362 g/mol. The smallest absolute Gasteiger partial charge is 0.330 e. The second-order valence-corrected chi connectivity index (χ2v) is 8.22. The van der Waals surface area contributed by atoms with Gasteiger partial charge in [0.2, 0.25) is 5.91 Å². The van der Waals surface area contributed by atoms with E-state index in [2.05, 4.69) is 5.32 Å². The van der Waals surface area contributed by atoms with E-state index in [-0.39, 0.29) is 17.4 Å². The average molecular weight is 362 g/mol. The Bertz CT molecular complexity index is 736. The molecular weight excluding hydrogens is 340 g/mol. The van der Waals surface area contributed by atoms with E-state index in [1.54, 1.807) is 16.7 Å². The predicted molar refractivity (Wildman–Crippen MR) is 96.2 cm³/mol. The first-order valence-corrected chi connectivity index (χ1v) is 9.28. The molecule has 2 aliphatic rings. The molecule has 2 heterocycles. The summed E-state index contributed by atoms with van der Waals surface area (Å²) >= 11 is 1.60. The molecule has 134 valence electrons. The summed E-state index contributed by atoms with van der Waals surface area (Å²) in [4.78, 5) is 37.7. The molecule has 2 aliphatic heterocycles. The van der Waals surface area contributed by atoms with Gasteiger partial charge in [-0.3, -0.25) is 9.59 Å². The summed E-state index contributed by atoms with van der Waals surface area (Å²) in [5.41, 5.74) is 2.88. The first-order chi connectivity index (χ1) is 11.8. The topological polar surface area (TPSA) is 75.7 Å². The molecule has 0 radical (unpaired) electrons. The van der Waals surface area contributed by atoms with Gasteiger partial charge in [0, 0.05) is 17.9 Å². The molecule has 7 heteroatoms. The fourth-order valence-corrected chi connectivity index (χ4v) is 4.66. The number of anilines is 1. The van der Waals surface area contributed by atoms with Crippen LogP contribution in [0.15, 0.2) is 18.2 Å². The molecule has 1 N–H and O–H groups in total. The summed E-state index contributed by atoms with van der Waals surface area (Å²) in [7, 11) is 0. The van der Waals surface area contributed by atoms with Crippen LogP contribution in [0.5, 0.6) is 0 Å². The number of rotatable bonds is 4. The summed E-state index contributed by atoms with van der Waals surface area (Å²) in [6.45, 7) is 5.58. The van der Waals surface area contributed by atoms with E-state index in [1.165, 1.54) is 0 Å². The van der Waals surface area contributed by atoms with Gasteiger partial charge in [-0.15, -0.1) is 11.8 Å². The zero-order valence-corrected chi connectivity index (χ0v) is 15.4. The van der Waals surface area contributed by atoms with Crippen LogP contribution in [0.3, 0.4) is 0 Å². The largest absolute Gasteiger partial charge is 0.454 e. The van der Waals surface area contributed by atoms with E-state index in [0.717, 1.165) is 17.5 Å². The van der Waals surface area contributed by atoms with Crippen molar-refractivity contribution >= 4 is 35.2 Å². The fraction of sp³-hybridized carbons (Fsp3) is 0.500. The fourth-order valence-electron chi connectivity index (χ4n) is 3.24. The van der Waals surface area contributed by atoms with Gasteiger partial charge in [-0.25, -0.2) is 4.79 Å². The third-order valence-electron chi connectivity index (χ3n) is 4.85. The van der Waals surface area contributed by atoms with Crippen molar-refractivity contribution in [1.82, 2.24) is 4.90 Å². The number of nitrogens with one attached hydrogen (secondary N) is 1. The highest BCUT2D eigenvalue weighted by atomic mass is 32.2. The highest BCUT2D eigenvalue weighted by Gasteiger charge is 2.53. The minimum Gasteiger partial charge on any atom is -0.454 e. The minimum atomic E-state index is -0.598. The van der Waals surface area contributed by atoms with Crippen LogP contribution in [0.25, 0.3) is 0 Å². The maximum Gasteiger partial charge on any atom is 0.330 e. The second-order valence-electron chi connectivity index (χ2n) is 6.72. The Labute approximate surface area is 151 Å². The molecule has 6 nitrogen and oxygen atoms in total. The lowest BCUT2D eigenvalue weighted by atomic mass is 10.1. The van der Waals surface area contributed by atoms with Gasteiger partial charge in [0.05, 0.1) is 4.87 Å². The van der Waals surface area contributed by atoms with Gasteiger partial charge in [-0.05, 0) is 50.5 Å². The van der Waals surface area contributed by atoms with Crippen molar-refractivity contribution in [1.29, 1.82) is 0 Å². The van der Waals surface area contributed by atoms with Crippen LogP contribution in [-0.4, -0.2) is 46.0 Å². The van der Waals surface area contributed by atoms with Crippen LogP contribution >= 0.6 is 11.8 Å². The van der Waals surface area contributed by atoms with Crippen LogP contribution < -0.4 is 5.32 Å². The quantitative estimate of drug-likeness (QED) is 0.832. The zero-order chi connectivity index (χ0) is 18.2. The Morgan fingerprint density at radius 1 is 1.36 bits per heavy atom. The number of aryl methyl sites for hydroxylation is 2. The van der Waals surface area contributed by atoms with Gasteiger partial charge in [0.1, 0.15) is 6.04 Å². The number of esters is 1. The van der Waals surface area contributed by atoms with E-state index in [9.17, 15) is 14.4 Å². The molecule has 0 unspecified atom stereocenters. The van der Waals surface area contributed by atoms with Gasteiger partial charge in [0.25, 0.3) is 5.91 Å². The summed E-state index contributed by atoms with van der Waals surface area (Å²) in [6.07, 6.45) is 1.20. The summed E-state index contributed by atoms with van der Waals surface area (Å²) in [5.74, 6) is -0.409. The first-order valence-electron chi connectivity index (χ1n) is 8.30. The van der Waals surface area contributed by atoms with Crippen molar-refractivity contribution in [3.8, 4) is 0 Å². The van der Waals surface area contributed by atoms with Crippen molar-refractivity contribution in [3.05, 3.63) is 29.3 Å². The maximum absolute atomic E-state index is 12.3. The first kappa shape index (κ1) is 17.8. The van der Waals surface area contributed by atoms with E-state index in [4.69, 9.17) is 4.74 Å². The van der Waals surface area contributed by atoms with Gasteiger partial charge in [-0.1, -0.05) is 6.07 Å². The van der Waals surface area contributed by atoms with Crippen molar-refractivity contribution in [3.63, 3.8) is 0 Å². The number of fused-ring (bicyclic) bond motifs is 1. The molecular formula is C18H22N2O4S. The van der Waals surface area contributed by atoms with Crippen molar-refractivity contribution in [2.24, 2.45) is 0 Å². The number of amides is 2. The number of ether oxygens (including phenoxy) is 1. The summed E-state index contributed by atoms with van der Waals surface area (Å²) < 4.78 is 5.16. The highest BCUT2D eigenvalue weighted by molar-refractivity contribution is 8.01. The van der Waals surface area contributed by atoms with Gasteiger partial charge in [-0.2, -0.15) is 0 Å². The minimum absolute atomic E-state index is 0.0194. The molecule has 3 rings (SSSR count). The zero-order valence-electron chi connectivity index (χ0n) is 14.6. The van der Waals surface area contributed by atoms with Gasteiger partial charge in [0.15, 0.2) is 6.61 Å². The number of hydrogen-bond acceptors (Lipinski definition) is 5. The van der Waals surface area contributed by atoms with Crippen LogP contribution in [0.2, 0.25) is 0 Å². The maximum atomic E-state index is 12.3. The number of carbonyl (C=O) groups is 3. The Morgan fingerprint density at radius 3 is 2.84 bits per heavy atom. The molecule has 2 saturated heterocycles. The normalized spacial score (nSPS) is 25.0. The third-order valence-corrected chi connectivity index (χ3v) is 6.36. The number of nitrogens with zero attached hydrogens (tertiary/aromatic N) is 1. The number of benzene rings is 1. The van der Waals surface area contributed by atoms with E-state index < -0.39 is 17.9 Å². The molecule has 25 heavy (non-hydrogen) atoms. The molecule has 0 aromatic heterocycles.